The number of hydrogen-bond acceptors (Lipinski definition) is 7. The molecule has 3 amide bonds. The van der Waals surface area contributed by atoms with E-state index in [9.17, 15) is 27.6 Å². The number of halogens is 3. The van der Waals surface area contributed by atoms with Crippen molar-refractivity contribution in [2.45, 2.75) is 115 Å². The molecule has 2 aromatic carbocycles. The zero-order chi connectivity index (χ0) is 38.8. The molecule has 4 fully saturated rings. The van der Waals surface area contributed by atoms with E-state index >= 15 is 0 Å². The lowest BCUT2D eigenvalue weighted by Gasteiger charge is -2.64. The second-order valence-electron chi connectivity index (χ2n) is 16.4. The van der Waals surface area contributed by atoms with Crippen molar-refractivity contribution in [2.75, 3.05) is 5.32 Å². The Bertz CT molecular complexity index is 1980. The monoisotopic (exact) mass is 748 g/mol. The van der Waals surface area contributed by atoms with Crippen LogP contribution < -0.4 is 26.8 Å². The third-order valence-corrected chi connectivity index (χ3v) is 12.5. The van der Waals surface area contributed by atoms with Gasteiger partial charge in [0.05, 0.1) is 41.0 Å². The summed E-state index contributed by atoms with van der Waals surface area (Å²) in [7, 11) is -0.685. The summed E-state index contributed by atoms with van der Waals surface area (Å²) >= 11 is 0. The second kappa shape index (κ2) is 13.7. The van der Waals surface area contributed by atoms with Gasteiger partial charge in [-0.25, -0.2) is 9.78 Å². The van der Waals surface area contributed by atoms with Crippen LogP contribution in [-0.2, 0) is 32.4 Å². The number of fused-ring (bicyclic) bond motifs is 1. The fourth-order valence-electron chi connectivity index (χ4n) is 9.25. The van der Waals surface area contributed by atoms with Gasteiger partial charge < -0.3 is 30.6 Å². The number of benzene rings is 2. The minimum absolute atomic E-state index is 0.00605. The molecule has 3 aromatic rings. The first kappa shape index (κ1) is 37.9. The van der Waals surface area contributed by atoms with Crippen LogP contribution in [0.3, 0.4) is 0 Å². The highest BCUT2D eigenvalue weighted by molar-refractivity contribution is 6.47. The molecule has 2 bridgehead atoms. The van der Waals surface area contributed by atoms with Crippen LogP contribution >= 0.6 is 0 Å². The lowest BCUT2D eigenvalue weighted by atomic mass is 9.43. The van der Waals surface area contributed by atoms with Crippen molar-refractivity contribution in [1.82, 2.24) is 25.5 Å². The maximum Gasteiger partial charge on any atom is 0.481 e. The third kappa shape index (κ3) is 6.67. The van der Waals surface area contributed by atoms with Gasteiger partial charge >= 0.3 is 19.3 Å². The molecule has 3 heterocycles. The number of carbonyl (C=O) groups is 2. The van der Waals surface area contributed by atoms with Gasteiger partial charge in [-0.3, -0.25) is 14.2 Å². The topological polar surface area (TPSA) is 136 Å². The first-order valence-electron chi connectivity index (χ1n) is 18.7. The lowest BCUT2D eigenvalue weighted by molar-refractivity contribution is -0.199. The molecule has 15 heteroatoms. The van der Waals surface area contributed by atoms with E-state index in [1.807, 2.05) is 44.2 Å². The molecule has 4 N–H and O–H groups in total. The Hall–Kier alpha value is -4.37. The van der Waals surface area contributed by atoms with Crippen molar-refractivity contribution in [2.24, 2.45) is 17.3 Å². The SMILES string of the molecule is CC[C@H](NC(=O)[C@@H]1C[C@@](C)(NC(=O)NC(C)c2ccccc2)c2ncc(NCc3cccc(C(F)(F)F)c3)c(=O)n21)B1O[C@@H]2C[C@@H]3C[C@@H](C3(C)C)[C@]2(C)O1. The molecule has 1 unspecified atom stereocenters. The minimum atomic E-state index is -4.52. The number of amides is 3. The molecule has 0 spiro atoms. The lowest BCUT2D eigenvalue weighted by Crippen LogP contribution is -2.65. The van der Waals surface area contributed by atoms with Crippen LogP contribution in [0.25, 0.3) is 0 Å². The van der Waals surface area contributed by atoms with E-state index in [1.165, 1.54) is 22.9 Å². The molecule has 3 aliphatic carbocycles. The van der Waals surface area contributed by atoms with E-state index in [2.05, 4.69) is 47.0 Å². The Balaban J connectivity index is 1.14. The van der Waals surface area contributed by atoms with Gasteiger partial charge in [0.15, 0.2) is 0 Å². The number of hydrogen-bond donors (Lipinski definition) is 4. The van der Waals surface area contributed by atoms with Crippen molar-refractivity contribution in [3.8, 4) is 0 Å². The third-order valence-electron chi connectivity index (χ3n) is 12.5. The zero-order valence-corrected chi connectivity index (χ0v) is 31.4. The number of urea groups is 1. The van der Waals surface area contributed by atoms with Gasteiger partial charge in [0.2, 0.25) is 5.91 Å². The molecular formula is C39H48BF3N6O5. The van der Waals surface area contributed by atoms with Gasteiger partial charge in [-0.1, -0.05) is 63.2 Å². The molecule has 288 valence electrons. The van der Waals surface area contributed by atoms with E-state index in [0.29, 0.717) is 23.8 Å². The first-order chi connectivity index (χ1) is 25.4. The predicted octanol–water partition coefficient (Wildman–Crippen LogP) is 6.26. The van der Waals surface area contributed by atoms with E-state index < -0.39 is 59.5 Å². The minimum Gasteiger partial charge on any atom is -0.404 e. The summed E-state index contributed by atoms with van der Waals surface area (Å²) < 4.78 is 54.6. The Morgan fingerprint density at radius 3 is 2.48 bits per heavy atom. The summed E-state index contributed by atoms with van der Waals surface area (Å²) in [5, 5.41) is 11.9. The molecule has 1 aromatic heterocycles. The van der Waals surface area contributed by atoms with Gasteiger partial charge in [-0.15, -0.1) is 0 Å². The summed E-state index contributed by atoms with van der Waals surface area (Å²) in [5.74, 6) is 0.0673. The molecule has 1 saturated heterocycles. The van der Waals surface area contributed by atoms with Gasteiger partial charge in [-0.05, 0) is 80.5 Å². The van der Waals surface area contributed by atoms with Crippen LogP contribution in [0.1, 0.15) is 102 Å². The number of anilines is 1. The molecule has 11 nitrogen and oxygen atoms in total. The van der Waals surface area contributed by atoms with Crippen LogP contribution in [0.4, 0.5) is 23.7 Å². The van der Waals surface area contributed by atoms with Gasteiger partial charge in [0, 0.05) is 13.0 Å². The standard InChI is InChI=1S/C39H48BF3N6O5/c1-7-31(40-53-30-18-26-17-29(36(26,3)4)38(30,6)54-40)47-32(50)28-19-37(5,48-35(52)46-22(2)24-13-9-8-10-14-24)34-45-21-27(33(51)49(28)34)44-20-23-12-11-15-25(16-23)39(41,42)43/h8-16,21-22,26,28-31,44H,7,17-20H2,1-6H3,(H,47,50)(H2,46,48,52)/t22?,26-,28-,29-,30+,31-,37+,38-/m0/s1. The van der Waals surface area contributed by atoms with Gasteiger partial charge in [0.1, 0.15) is 17.6 Å². The second-order valence-corrected chi connectivity index (χ2v) is 16.4. The number of nitrogens with zero attached hydrogens (tertiary/aromatic N) is 2. The number of alkyl halides is 3. The van der Waals surface area contributed by atoms with Crippen LogP contribution in [-0.4, -0.2) is 46.3 Å². The van der Waals surface area contributed by atoms with Crippen LogP contribution in [0, 0.1) is 17.3 Å². The number of carbonyl (C=O) groups excluding carboxylic acids is 2. The van der Waals surface area contributed by atoms with Crippen molar-refractivity contribution in [1.29, 1.82) is 0 Å². The summed E-state index contributed by atoms with van der Waals surface area (Å²) in [4.78, 5) is 46.6. The molecule has 54 heavy (non-hydrogen) atoms. The molecular weight excluding hydrogens is 700 g/mol. The summed E-state index contributed by atoms with van der Waals surface area (Å²) in [6.45, 7) is 12.1. The molecule has 8 atom stereocenters. The molecule has 3 saturated carbocycles. The molecule has 8 rings (SSSR count). The van der Waals surface area contributed by atoms with E-state index in [1.54, 1.807) is 6.92 Å². The zero-order valence-electron chi connectivity index (χ0n) is 31.4. The molecule has 5 aliphatic rings. The van der Waals surface area contributed by atoms with Crippen molar-refractivity contribution >= 4 is 24.7 Å². The highest BCUT2D eigenvalue weighted by atomic mass is 19.4. The van der Waals surface area contributed by atoms with Crippen molar-refractivity contribution in [3.63, 3.8) is 0 Å². The Kier molecular flexibility index (Phi) is 9.65. The summed E-state index contributed by atoms with van der Waals surface area (Å²) in [5.41, 5.74) is -1.80. The van der Waals surface area contributed by atoms with Crippen molar-refractivity contribution < 1.29 is 32.1 Å². The average molecular weight is 749 g/mol. The molecule has 2 aliphatic heterocycles. The van der Waals surface area contributed by atoms with Crippen LogP contribution in [0.2, 0.25) is 0 Å². The summed E-state index contributed by atoms with van der Waals surface area (Å²) in [6.07, 6.45) is -0.838. The first-order valence-corrected chi connectivity index (χ1v) is 18.7. The van der Waals surface area contributed by atoms with E-state index in [-0.39, 0.29) is 42.0 Å². The smallest absolute Gasteiger partial charge is 0.404 e. The molecule has 0 radical (unpaired) electrons. The quantitative estimate of drug-likeness (QED) is 0.180. The maximum atomic E-state index is 14.3. The average Bonchev–Trinajstić information content (AvgIpc) is 3.64. The van der Waals surface area contributed by atoms with Crippen molar-refractivity contribution in [3.05, 3.63) is 93.7 Å². The van der Waals surface area contributed by atoms with Gasteiger partial charge in [0.25, 0.3) is 5.56 Å². The number of rotatable bonds is 10. The fraction of sp³-hybridized carbons (Fsp3) is 0.538. The predicted molar refractivity (Wildman–Crippen MR) is 197 cm³/mol. The normalized spacial score (nSPS) is 28.9. The van der Waals surface area contributed by atoms with Crippen LogP contribution in [0.5, 0.6) is 0 Å². The van der Waals surface area contributed by atoms with E-state index in [0.717, 1.165) is 30.5 Å². The summed E-state index contributed by atoms with van der Waals surface area (Å²) in [6, 6.07) is 12.3. The Morgan fingerprint density at radius 1 is 1.06 bits per heavy atom. The Labute approximate surface area is 313 Å². The van der Waals surface area contributed by atoms with Crippen LogP contribution in [0.15, 0.2) is 65.6 Å². The van der Waals surface area contributed by atoms with E-state index in [4.69, 9.17) is 9.31 Å². The Morgan fingerprint density at radius 2 is 1.80 bits per heavy atom. The number of nitrogens with one attached hydrogen (secondary N) is 4. The maximum absolute atomic E-state index is 14.3. The number of aromatic nitrogens is 2. The highest BCUT2D eigenvalue weighted by Crippen LogP contribution is 2.65. The fourth-order valence-corrected chi connectivity index (χ4v) is 9.25. The van der Waals surface area contributed by atoms with Gasteiger partial charge in [-0.2, -0.15) is 13.2 Å². The highest BCUT2D eigenvalue weighted by Gasteiger charge is 2.68. The largest absolute Gasteiger partial charge is 0.481 e.